The van der Waals surface area contributed by atoms with Gasteiger partial charge in [0.1, 0.15) is 0 Å². The number of amides is 2. The van der Waals surface area contributed by atoms with E-state index in [0.29, 0.717) is 29.1 Å². The van der Waals surface area contributed by atoms with Gasteiger partial charge in [0.25, 0.3) is 11.7 Å². The van der Waals surface area contributed by atoms with Gasteiger partial charge in [-0.05, 0) is 56.5 Å². The number of hydrogen-bond donors (Lipinski definition) is 1. The number of hydrogen-bond acceptors (Lipinski definition) is 4. The lowest BCUT2D eigenvalue weighted by Crippen LogP contribution is -2.38. The molecule has 1 aromatic heterocycles. The number of primary amides is 1. The largest absolute Gasteiger partial charge is 0.366 e. The summed E-state index contributed by atoms with van der Waals surface area (Å²) in [5.74, 6) is -1.57. The molecule has 1 aliphatic carbocycles. The molecule has 7 nitrogen and oxygen atoms in total. The lowest BCUT2D eigenvalue weighted by atomic mass is 10.1. The SMILES string of the molecule is Cc1nn(-c2ccccc2)c(C)c1C(=O)C(=O)N(Cc1ccc(C(N)=O)cc1)C1CC1. The standard InChI is InChI=1S/C24H24N4O3/c1-15-21(16(2)28(26-15)20-6-4-3-5-7-20)22(29)24(31)27(19-12-13-19)14-17-8-10-18(11-9-17)23(25)30/h3-11,19H,12-14H2,1-2H3,(H2,25,30). The molecule has 1 saturated carbocycles. The molecule has 3 aromatic rings. The van der Waals surface area contributed by atoms with E-state index in [1.54, 1.807) is 47.7 Å². The van der Waals surface area contributed by atoms with Crippen molar-refractivity contribution >= 4 is 17.6 Å². The zero-order chi connectivity index (χ0) is 22.1. The summed E-state index contributed by atoms with van der Waals surface area (Å²) < 4.78 is 1.69. The lowest BCUT2D eigenvalue weighted by Gasteiger charge is -2.22. The summed E-state index contributed by atoms with van der Waals surface area (Å²) >= 11 is 0. The molecule has 2 aromatic carbocycles. The monoisotopic (exact) mass is 416 g/mol. The number of nitrogens with zero attached hydrogens (tertiary/aromatic N) is 3. The second-order valence-electron chi connectivity index (χ2n) is 7.85. The number of aryl methyl sites for hydroxylation is 1. The van der Waals surface area contributed by atoms with Gasteiger partial charge in [-0.1, -0.05) is 30.3 Å². The van der Waals surface area contributed by atoms with Gasteiger partial charge in [-0.3, -0.25) is 14.4 Å². The number of rotatable bonds is 7. The van der Waals surface area contributed by atoms with Crippen LogP contribution in [-0.2, 0) is 11.3 Å². The van der Waals surface area contributed by atoms with Crippen LogP contribution >= 0.6 is 0 Å². The van der Waals surface area contributed by atoms with Crippen molar-refractivity contribution in [1.82, 2.24) is 14.7 Å². The van der Waals surface area contributed by atoms with Gasteiger partial charge >= 0.3 is 0 Å². The van der Waals surface area contributed by atoms with E-state index in [1.807, 2.05) is 30.3 Å². The molecule has 0 saturated heterocycles. The Morgan fingerprint density at radius 2 is 1.68 bits per heavy atom. The first-order chi connectivity index (χ1) is 14.9. The van der Waals surface area contributed by atoms with Crippen molar-refractivity contribution in [3.05, 3.63) is 82.7 Å². The Balaban J connectivity index is 1.59. The van der Waals surface area contributed by atoms with Gasteiger partial charge in [0.05, 0.1) is 22.6 Å². The molecule has 0 bridgehead atoms. The first-order valence-corrected chi connectivity index (χ1v) is 10.2. The maximum atomic E-state index is 13.2. The van der Waals surface area contributed by atoms with Crippen LogP contribution in [0.25, 0.3) is 5.69 Å². The average molecular weight is 416 g/mol. The fourth-order valence-electron chi connectivity index (χ4n) is 3.75. The van der Waals surface area contributed by atoms with Crippen LogP contribution in [0.1, 0.15) is 50.5 Å². The van der Waals surface area contributed by atoms with Crippen LogP contribution in [0, 0.1) is 13.8 Å². The molecular formula is C24H24N4O3. The molecule has 0 spiro atoms. The summed E-state index contributed by atoms with van der Waals surface area (Å²) in [7, 11) is 0. The molecule has 0 atom stereocenters. The highest BCUT2D eigenvalue weighted by Gasteiger charge is 2.37. The number of carbonyl (C=O) groups excluding carboxylic acids is 3. The van der Waals surface area contributed by atoms with E-state index in [0.717, 1.165) is 24.1 Å². The summed E-state index contributed by atoms with van der Waals surface area (Å²) in [4.78, 5) is 39.4. The topological polar surface area (TPSA) is 98.3 Å². The number of benzene rings is 2. The van der Waals surface area contributed by atoms with Gasteiger partial charge in [-0.2, -0.15) is 5.10 Å². The molecule has 158 valence electrons. The van der Waals surface area contributed by atoms with E-state index < -0.39 is 17.6 Å². The lowest BCUT2D eigenvalue weighted by molar-refractivity contribution is -0.127. The fraction of sp³-hybridized carbons (Fsp3) is 0.250. The Labute approximate surface area is 180 Å². The summed E-state index contributed by atoms with van der Waals surface area (Å²) in [6, 6.07) is 16.4. The van der Waals surface area contributed by atoms with Crippen LogP contribution in [0.5, 0.6) is 0 Å². The molecule has 4 rings (SSSR count). The van der Waals surface area contributed by atoms with Crippen LogP contribution in [-0.4, -0.2) is 38.3 Å². The Kier molecular flexibility index (Phi) is 5.42. The molecule has 7 heteroatoms. The molecule has 0 radical (unpaired) electrons. The number of carbonyl (C=O) groups is 3. The summed E-state index contributed by atoms with van der Waals surface area (Å²) in [5.41, 5.74) is 8.90. The first kappa shape index (κ1) is 20.5. The van der Waals surface area contributed by atoms with Crippen molar-refractivity contribution < 1.29 is 14.4 Å². The van der Waals surface area contributed by atoms with Crippen LogP contribution in [0.2, 0.25) is 0 Å². The minimum atomic E-state index is -0.544. The van der Waals surface area contributed by atoms with Crippen LogP contribution in [0.4, 0.5) is 0 Å². The first-order valence-electron chi connectivity index (χ1n) is 10.2. The number of Topliss-reactive ketones (excluding diaryl/α,β-unsaturated/α-hetero) is 1. The Bertz CT molecular complexity index is 1150. The quantitative estimate of drug-likeness (QED) is 0.473. The molecular weight excluding hydrogens is 392 g/mol. The van der Waals surface area contributed by atoms with Crippen LogP contribution in [0.15, 0.2) is 54.6 Å². The summed E-state index contributed by atoms with van der Waals surface area (Å²) in [6.07, 6.45) is 1.75. The second kappa shape index (κ2) is 8.18. The van der Waals surface area contributed by atoms with Gasteiger partial charge in [-0.25, -0.2) is 4.68 Å². The molecule has 2 N–H and O–H groups in total. The Hall–Kier alpha value is -3.74. The third-order valence-electron chi connectivity index (χ3n) is 5.55. The summed E-state index contributed by atoms with van der Waals surface area (Å²) in [6.45, 7) is 3.85. The second-order valence-corrected chi connectivity index (χ2v) is 7.85. The van der Waals surface area contributed by atoms with Gasteiger partial charge < -0.3 is 10.6 Å². The predicted molar refractivity (Wildman–Crippen MR) is 116 cm³/mol. The third-order valence-corrected chi connectivity index (χ3v) is 5.55. The van der Waals surface area contributed by atoms with E-state index in [1.165, 1.54) is 0 Å². The highest BCUT2D eigenvalue weighted by Crippen LogP contribution is 2.30. The van der Waals surface area contributed by atoms with E-state index in [-0.39, 0.29) is 6.04 Å². The fourth-order valence-corrected chi connectivity index (χ4v) is 3.75. The zero-order valence-electron chi connectivity index (χ0n) is 17.5. The number of ketones is 1. The minimum absolute atomic E-state index is 0.0528. The van der Waals surface area contributed by atoms with Crippen molar-refractivity contribution in [3.8, 4) is 5.69 Å². The number of aromatic nitrogens is 2. The van der Waals surface area contributed by atoms with Crippen molar-refractivity contribution in [2.24, 2.45) is 5.73 Å². The molecule has 1 aliphatic rings. The third kappa shape index (κ3) is 4.12. The Morgan fingerprint density at radius 1 is 1.03 bits per heavy atom. The molecule has 0 unspecified atom stereocenters. The van der Waals surface area contributed by atoms with Gasteiger partial charge in [-0.15, -0.1) is 0 Å². The average Bonchev–Trinajstić information content (AvgIpc) is 3.57. The van der Waals surface area contributed by atoms with E-state index in [4.69, 9.17) is 5.73 Å². The minimum Gasteiger partial charge on any atom is -0.366 e. The van der Waals surface area contributed by atoms with Crippen LogP contribution < -0.4 is 5.73 Å². The van der Waals surface area contributed by atoms with Gasteiger partial charge in [0.2, 0.25) is 5.91 Å². The van der Waals surface area contributed by atoms with Crippen molar-refractivity contribution in [1.29, 1.82) is 0 Å². The number of nitrogens with two attached hydrogens (primary N) is 1. The summed E-state index contributed by atoms with van der Waals surface area (Å²) in [5, 5.41) is 4.50. The molecule has 1 heterocycles. The van der Waals surface area contributed by atoms with Crippen molar-refractivity contribution in [2.45, 2.75) is 39.3 Å². The molecule has 0 aliphatic heterocycles. The van der Waals surface area contributed by atoms with Crippen molar-refractivity contribution in [3.63, 3.8) is 0 Å². The predicted octanol–water partition coefficient (Wildman–Crippen LogP) is 2.96. The van der Waals surface area contributed by atoms with Crippen molar-refractivity contribution in [2.75, 3.05) is 0 Å². The molecule has 2 amide bonds. The van der Waals surface area contributed by atoms with Gasteiger partial charge in [0.15, 0.2) is 0 Å². The molecule has 31 heavy (non-hydrogen) atoms. The van der Waals surface area contributed by atoms with E-state index in [9.17, 15) is 14.4 Å². The Morgan fingerprint density at radius 3 is 2.26 bits per heavy atom. The van der Waals surface area contributed by atoms with Crippen LogP contribution in [0.3, 0.4) is 0 Å². The zero-order valence-corrected chi connectivity index (χ0v) is 17.5. The smallest absolute Gasteiger partial charge is 0.295 e. The van der Waals surface area contributed by atoms with Gasteiger partial charge in [0, 0.05) is 18.2 Å². The highest BCUT2D eigenvalue weighted by molar-refractivity contribution is 6.43. The highest BCUT2D eigenvalue weighted by atomic mass is 16.2. The van der Waals surface area contributed by atoms with E-state index in [2.05, 4.69) is 5.10 Å². The maximum Gasteiger partial charge on any atom is 0.295 e. The normalized spacial score (nSPS) is 13.1. The number of para-hydroxylation sites is 1. The van der Waals surface area contributed by atoms with E-state index >= 15 is 0 Å². The molecule has 1 fully saturated rings. The maximum absolute atomic E-state index is 13.2.